The van der Waals surface area contributed by atoms with Crippen LogP contribution in [-0.2, 0) is 4.74 Å². The lowest BCUT2D eigenvalue weighted by Crippen LogP contribution is -2.18. The van der Waals surface area contributed by atoms with Gasteiger partial charge in [-0.15, -0.1) is 6.58 Å². The summed E-state index contributed by atoms with van der Waals surface area (Å²) in [4.78, 5) is 0. The highest BCUT2D eigenvalue weighted by Gasteiger charge is 2.11. The van der Waals surface area contributed by atoms with E-state index in [1.807, 2.05) is 6.08 Å². The van der Waals surface area contributed by atoms with Gasteiger partial charge >= 0.3 is 0 Å². The molecule has 1 heterocycles. The fourth-order valence-corrected chi connectivity index (χ4v) is 0.957. The Bertz CT molecular complexity index is 82.6. The van der Waals surface area contributed by atoms with E-state index in [1.165, 1.54) is 0 Å². The fraction of sp³-hybridized carbons (Fsp3) is 0.625. The van der Waals surface area contributed by atoms with Gasteiger partial charge in [-0.1, -0.05) is 6.08 Å². The van der Waals surface area contributed by atoms with Gasteiger partial charge in [0.1, 0.15) is 0 Å². The third kappa shape index (κ3) is 2.19. The van der Waals surface area contributed by atoms with Crippen LogP contribution in [0, 0.1) is 6.42 Å². The van der Waals surface area contributed by atoms with E-state index in [-0.39, 0.29) is 0 Å². The van der Waals surface area contributed by atoms with Crippen LogP contribution in [-0.4, -0.2) is 12.7 Å². The van der Waals surface area contributed by atoms with Crippen molar-refractivity contribution in [1.29, 1.82) is 0 Å². The molecule has 2 radical (unpaired) electrons. The van der Waals surface area contributed by atoms with Crippen LogP contribution in [0.1, 0.15) is 19.3 Å². The molecule has 0 amide bonds. The fourth-order valence-electron chi connectivity index (χ4n) is 0.957. The summed E-state index contributed by atoms with van der Waals surface area (Å²) in [7, 11) is 0. The molecule has 0 spiro atoms. The Morgan fingerprint density at radius 3 is 3.22 bits per heavy atom. The van der Waals surface area contributed by atoms with E-state index in [0.717, 1.165) is 25.9 Å². The quantitative estimate of drug-likeness (QED) is 0.510. The summed E-state index contributed by atoms with van der Waals surface area (Å²) in [5, 5.41) is 0. The molecule has 1 aliphatic rings. The molecule has 1 aliphatic heterocycles. The van der Waals surface area contributed by atoms with E-state index in [4.69, 9.17) is 4.74 Å². The molecule has 1 unspecified atom stereocenters. The molecule has 1 rings (SSSR count). The maximum atomic E-state index is 5.38. The smallest absolute Gasteiger partial charge is 0.0615 e. The number of ether oxygens (including phenoxy) is 1. The molecule has 0 aromatic heterocycles. The monoisotopic (exact) mass is 124 g/mol. The van der Waals surface area contributed by atoms with Crippen molar-refractivity contribution in [3.63, 3.8) is 0 Å². The number of hydrogen-bond acceptors (Lipinski definition) is 1. The molecule has 1 saturated heterocycles. The maximum Gasteiger partial charge on any atom is 0.0615 e. The largest absolute Gasteiger partial charge is 0.378 e. The van der Waals surface area contributed by atoms with Crippen LogP contribution >= 0.6 is 0 Å². The Kier molecular flexibility index (Phi) is 2.78. The zero-order valence-electron chi connectivity index (χ0n) is 5.60. The van der Waals surface area contributed by atoms with E-state index in [2.05, 4.69) is 13.0 Å². The van der Waals surface area contributed by atoms with Crippen LogP contribution in [0.25, 0.3) is 0 Å². The molecule has 0 N–H and O–H groups in total. The minimum atomic E-state index is 0.372. The van der Waals surface area contributed by atoms with Gasteiger partial charge in [0, 0.05) is 6.61 Å². The van der Waals surface area contributed by atoms with Gasteiger partial charge in [-0.3, -0.25) is 0 Å². The predicted octanol–water partition coefficient (Wildman–Crippen LogP) is 1.82. The van der Waals surface area contributed by atoms with Crippen molar-refractivity contribution in [2.75, 3.05) is 6.61 Å². The normalized spacial score (nSPS) is 27.8. The van der Waals surface area contributed by atoms with Crippen molar-refractivity contribution in [3.8, 4) is 0 Å². The highest BCUT2D eigenvalue weighted by atomic mass is 16.5. The average Bonchev–Trinajstić information content (AvgIpc) is 1.91. The molecule has 0 bridgehead atoms. The molecule has 50 valence electrons. The first-order chi connectivity index (χ1) is 4.43. The SMILES string of the molecule is C=CCC1C[C]CCO1. The van der Waals surface area contributed by atoms with E-state index >= 15 is 0 Å². The van der Waals surface area contributed by atoms with Crippen molar-refractivity contribution in [2.24, 2.45) is 0 Å². The van der Waals surface area contributed by atoms with Crippen LogP contribution in [0.3, 0.4) is 0 Å². The lowest BCUT2D eigenvalue weighted by molar-refractivity contribution is 0.0363. The highest BCUT2D eigenvalue weighted by Crippen LogP contribution is 2.14. The molecule has 0 aromatic rings. The Morgan fingerprint density at radius 2 is 2.67 bits per heavy atom. The van der Waals surface area contributed by atoms with Crippen molar-refractivity contribution in [1.82, 2.24) is 0 Å². The van der Waals surface area contributed by atoms with Crippen LogP contribution in [0.5, 0.6) is 0 Å². The molecule has 1 nitrogen and oxygen atoms in total. The standard InChI is InChI=1S/C8H12O/c1-2-5-8-6-3-4-7-9-8/h2,8H,1,4-7H2. The summed E-state index contributed by atoms with van der Waals surface area (Å²) >= 11 is 0. The predicted molar refractivity (Wildman–Crippen MR) is 37.0 cm³/mol. The zero-order chi connectivity index (χ0) is 6.53. The van der Waals surface area contributed by atoms with Crippen LogP contribution < -0.4 is 0 Å². The molecule has 9 heavy (non-hydrogen) atoms. The summed E-state index contributed by atoms with van der Waals surface area (Å²) < 4.78 is 5.38. The molecule has 1 fully saturated rings. The van der Waals surface area contributed by atoms with Gasteiger partial charge in [0.05, 0.1) is 6.10 Å². The molecule has 1 atom stereocenters. The van der Waals surface area contributed by atoms with Gasteiger partial charge in [0.25, 0.3) is 0 Å². The van der Waals surface area contributed by atoms with Crippen LogP contribution in [0.15, 0.2) is 12.7 Å². The molecule has 1 heteroatoms. The lowest BCUT2D eigenvalue weighted by Gasteiger charge is -2.20. The van der Waals surface area contributed by atoms with Gasteiger partial charge in [0.15, 0.2) is 0 Å². The van der Waals surface area contributed by atoms with Crippen molar-refractivity contribution in [3.05, 3.63) is 19.1 Å². The Labute approximate surface area is 56.7 Å². The molecular formula is C8H12O. The summed E-state index contributed by atoms with van der Waals surface area (Å²) in [6.07, 6.45) is 8.46. The van der Waals surface area contributed by atoms with E-state index in [1.54, 1.807) is 0 Å². The van der Waals surface area contributed by atoms with E-state index in [0.29, 0.717) is 6.10 Å². The van der Waals surface area contributed by atoms with E-state index < -0.39 is 0 Å². The van der Waals surface area contributed by atoms with E-state index in [9.17, 15) is 0 Å². The summed E-state index contributed by atoms with van der Waals surface area (Å²) in [6, 6.07) is 0. The second-order valence-corrected chi connectivity index (χ2v) is 2.22. The summed E-state index contributed by atoms with van der Waals surface area (Å²) in [5.74, 6) is 0. The Morgan fingerprint density at radius 1 is 1.78 bits per heavy atom. The van der Waals surface area contributed by atoms with Gasteiger partial charge in [0.2, 0.25) is 0 Å². The average molecular weight is 124 g/mol. The first-order valence-electron chi connectivity index (χ1n) is 3.36. The van der Waals surface area contributed by atoms with Gasteiger partial charge < -0.3 is 4.74 Å². The molecular weight excluding hydrogens is 112 g/mol. The van der Waals surface area contributed by atoms with Crippen molar-refractivity contribution < 1.29 is 4.74 Å². The second-order valence-electron chi connectivity index (χ2n) is 2.22. The Balaban J connectivity index is 2.15. The lowest BCUT2D eigenvalue weighted by atomic mass is 10.1. The summed E-state index contributed by atoms with van der Waals surface area (Å²) in [6.45, 7) is 4.49. The minimum Gasteiger partial charge on any atom is -0.378 e. The first kappa shape index (κ1) is 6.81. The van der Waals surface area contributed by atoms with Crippen LogP contribution in [0.4, 0.5) is 0 Å². The number of rotatable bonds is 2. The van der Waals surface area contributed by atoms with Gasteiger partial charge in [-0.05, 0) is 25.7 Å². The van der Waals surface area contributed by atoms with Crippen molar-refractivity contribution >= 4 is 0 Å². The molecule has 0 saturated carbocycles. The third-order valence-corrected chi connectivity index (χ3v) is 1.43. The van der Waals surface area contributed by atoms with Crippen LogP contribution in [0.2, 0.25) is 0 Å². The third-order valence-electron chi connectivity index (χ3n) is 1.43. The van der Waals surface area contributed by atoms with Gasteiger partial charge in [-0.2, -0.15) is 0 Å². The topological polar surface area (TPSA) is 9.23 Å². The molecule has 0 aliphatic carbocycles. The van der Waals surface area contributed by atoms with Gasteiger partial charge in [-0.25, -0.2) is 0 Å². The zero-order valence-corrected chi connectivity index (χ0v) is 5.60. The van der Waals surface area contributed by atoms with Crippen molar-refractivity contribution in [2.45, 2.75) is 25.4 Å². The second kappa shape index (κ2) is 3.67. The minimum absolute atomic E-state index is 0.372. The number of hydrogen-bond donors (Lipinski definition) is 0. The Hall–Kier alpha value is -0.300. The first-order valence-corrected chi connectivity index (χ1v) is 3.36. The summed E-state index contributed by atoms with van der Waals surface area (Å²) in [5.41, 5.74) is 0. The molecule has 0 aromatic carbocycles. The highest BCUT2D eigenvalue weighted by molar-refractivity contribution is 4.81. The maximum absolute atomic E-state index is 5.38.